The average Bonchev–Trinajstić information content (AvgIpc) is 2.29. The molecule has 1 fully saturated rings. The molecule has 0 bridgehead atoms. The van der Waals surface area contributed by atoms with Crippen molar-refractivity contribution < 1.29 is 4.74 Å². The van der Waals surface area contributed by atoms with E-state index in [0.717, 1.165) is 12.2 Å². The maximum atomic E-state index is 6.24. The predicted molar refractivity (Wildman–Crippen MR) is 73.1 cm³/mol. The third-order valence-corrected chi connectivity index (χ3v) is 3.73. The van der Waals surface area contributed by atoms with E-state index in [9.17, 15) is 0 Å². The van der Waals surface area contributed by atoms with Gasteiger partial charge in [-0.25, -0.2) is 0 Å². The third-order valence-electron chi connectivity index (χ3n) is 3.33. The fraction of sp³-hybridized carbons (Fsp3) is 0.600. The number of hydrogen-bond acceptors (Lipinski definition) is 1. The van der Waals surface area contributed by atoms with E-state index in [0.29, 0.717) is 11.3 Å². The minimum Gasteiger partial charge on any atom is -0.491 e. The SMILES string of the molecule is CC(C)Oc1ccc(C2CCCC(Cl)C2)cc1. The number of hydrogen-bond donors (Lipinski definition) is 0. The number of rotatable bonds is 3. The highest BCUT2D eigenvalue weighted by molar-refractivity contribution is 6.20. The minimum absolute atomic E-state index is 0.239. The second-order valence-electron chi connectivity index (χ2n) is 5.20. The van der Waals surface area contributed by atoms with Gasteiger partial charge in [0.05, 0.1) is 6.10 Å². The zero-order valence-corrected chi connectivity index (χ0v) is 11.4. The molecule has 0 heterocycles. The number of halogens is 1. The molecule has 94 valence electrons. The molecule has 17 heavy (non-hydrogen) atoms. The normalized spacial score (nSPS) is 24.9. The number of alkyl halides is 1. The van der Waals surface area contributed by atoms with E-state index in [1.165, 1.54) is 24.8 Å². The predicted octanol–water partition coefficient (Wildman–Crippen LogP) is 4.74. The van der Waals surface area contributed by atoms with E-state index >= 15 is 0 Å². The summed E-state index contributed by atoms with van der Waals surface area (Å²) in [7, 11) is 0. The van der Waals surface area contributed by atoms with Crippen LogP contribution >= 0.6 is 11.6 Å². The van der Waals surface area contributed by atoms with Gasteiger partial charge >= 0.3 is 0 Å². The largest absolute Gasteiger partial charge is 0.491 e. The van der Waals surface area contributed by atoms with Crippen molar-refractivity contribution in [2.75, 3.05) is 0 Å². The molecule has 0 aromatic heterocycles. The van der Waals surface area contributed by atoms with Crippen LogP contribution in [0.3, 0.4) is 0 Å². The van der Waals surface area contributed by atoms with Crippen LogP contribution in [0.1, 0.15) is 51.0 Å². The smallest absolute Gasteiger partial charge is 0.119 e. The first-order valence-corrected chi connectivity index (χ1v) is 6.99. The Balaban J connectivity index is 2.01. The molecule has 2 rings (SSSR count). The molecule has 2 heteroatoms. The minimum atomic E-state index is 0.239. The van der Waals surface area contributed by atoms with Crippen molar-refractivity contribution in [2.24, 2.45) is 0 Å². The maximum Gasteiger partial charge on any atom is 0.119 e. The molecule has 2 atom stereocenters. The van der Waals surface area contributed by atoms with Gasteiger partial charge < -0.3 is 4.74 Å². The van der Waals surface area contributed by atoms with Crippen LogP contribution in [0.4, 0.5) is 0 Å². The summed E-state index contributed by atoms with van der Waals surface area (Å²) in [6.07, 6.45) is 5.05. The molecule has 1 aliphatic carbocycles. The highest BCUT2D eigenvalue weighted by Crippen LogP contribution is 2.35. The second kappa shape index (κ2) is 5.77. The molecule has 1 aliphatic rings. The van der Waals surface area contributed by atoms with Gasteiger partial charge in [-0.1, -0.05) is 18.6 Å². The zero-order valence-electron chi connectivity index (χ0n) is 10.7. The van der Waals surface area contributed by atoms with Crippen molar-refractivity contribution in [2.45, 2.75) is 56.9 Å². The highest BCUT2D eigenvalue weighted by atomic mass is 35.5. The van der Waals surface area contributed by atoms with Gasteiger partial charge in [-0.3, -0.25) is 0 Å². The molecule has 1 aromatic carbocycles. The van der Waals surface area contributed by atoms with Crippen molar-refractivity contribution in [3.05, 3.63) is 29.8 Å². The fourth-order valence-electron chi connectivity index (χ4n) is 2.52. The van der Waals surface area contributed by atoms with Gasteiger partial charge in [0.25, 0.3) is 0 Å². The van der Waals surface area contributed by atoms with E-state index in [-0.39, 0.29) is 6.10 Å². The van der Waals surface area contributed by atoms with Crippen LogP contribution < -0.4 is 4.74 Å². The zero-order chi connectivity index (χ0) is 12.3. The van der Waals surface area contributed by atoms with E-state index in [1.54, 1.807) is 0 Å². The lowest BCUT2D eigenvalue weighted by Crippen LogP contribution is -2.14. The van der Waals surface area contributed by atoms with Gasteiger partial charge in [0.2, 0.25) is 0 Å². The van der Waals surface area contributed by atoms with E-state index in [4.69, 9.17) is 16.3 Å². The summed E-state index contributed by atoms with van der Waals surface area (Å²) < 4.78 is 5.65. The molecule has 0 saturated heterocycles. The van der Waals surface area contributed by atoms with Crippen molar-refractivity contribution in [3.63, 3.8) is 0 Å². The first-order valence-electron chi connectivity index (χ1n) is 6.56. The number of ether oxygens (including phenoxy) is 1. The summed E-state index contributed by atoms with van der Waals surface area (Å²) in [6, 6.07) is 8.54. The van der Waals surface area contributed by atoms with Crippen molar-refractivity contribution in [1.29, 1.82) is 0 Å². The molecular formula is C15H21ClO. The maximum absolute atomic E-state index is 6.24. The van der Waals surface area contributed by atoms with Crippen LogP contribution in [-0.4, -0.2) is 11.5 Å². The molecule has 0 spiro atoms. The Morgan fingerprint density at radius 3 is 2.47 bits per heavy atom. The molecule has 1 saturated carbocycles. The standard InChI is InChI=1S/C15H21ClO/c1-11(2)17-15-8-6-12(7-9-15)13-4-3-5-14(16)10-13/h6-9,11,13-14H,3-5,10H2,1-2H3. The monoisotopic (exact) mass is 252 g/mol. The fourth-order valence-corrected chi connectivity index (χ4v) is 2.89. The van der Waals surface area contributed by atoms with E-state index < -0.39 is 0 Å². The van der Waals surface area contributed by atoms with Gasteiger partial charge in [-0.15, -0.1) is 11.6 Å². The molecule has 0 aliphatic heterocycles. The molecule has 1 nitrogen and oxygen atoms in total. The van der Waals surface area contributed by atoms with Crippen molar-refractivity contribution in [3.8, 4) is 5.75 Å². The Hall–Kier alpha value is -0.690. The Morgan fingerprint density at radius 2 is 1.88 bits per heavy atom. The van der Waals surface area contributed by atoms with Crippen LogP contribution in [0.15, 0.2) is 24.3 Å². The lowest BCUT2D eigenvalue weighted by Gasteiger charge is -2.25. The van der Waals surface area contributed by atoms with Crippen LogP contribution in [0, 0.1) is 0 Å². The Bertz CT molecular complexity index is 344. The van der Waals surface area contributed by atoms with Crippen LogP contribution in [0.5, 0.6) is 5.75 Å². The lowest BCUT2D eigenvalue weighted by molar-refractivity contribution is 0.242. The highest BCUT2D eigenvalue weighted by Gasteiger charge is 2.21. The van der Waals surface area contributed by atoms with E-state index in [2.05, 4.69) is 24.3 Å². The average molecular weight is 253 g/mol. The molecule has 0 radical (unpaired) electrons. The summed E-state index contributed by atoms with van der Waals surface area (Å²) in [6.45, 7) is 4.10. The van der Waals surface area contributed by atoms with Gasteiger partial charge in [-0.2, -0.15) is 0 Å². The molecule has 0 amide bonds. The quantitative estimate of drug-likeness (QED) is 0.706. The van der Waals surface area contributed by atoms with Crippen LogP contribution in [0.2, 0.25) is 0 Å². The molecule has 0 N–H and O–H groups in total. The Morgan fingerprint density at radius 1 is 1.18 bits per heavy atom. The van der Waals surface area contributed by atoms with Gasteiger partial charge in [0, 0.05) is 5.38 Å². The van der Waals surface area contributed by atoms with Crippen molar-refractivity contribution >= 4 is 11.6 Å². The Kier molecular flexibility index (Phi) is 4.33. The van der Waals surface area contributed by atoms with Gasteiger partial charge in [0.1, 0.15) is 5.75 Å². The molecular weight excluding hydrogens is 232 g/mol. The van der Waals surface area contributed by atoms with Crippen LogP contribution in [0.25, 0.3) is 0 Å². The van der Waals surface area contributed by atoms with E-state index in [1.807, 2.05) is 13.8 Å². The lowest BCUT2D eigenvalue weighted by atomic mass is 9.84. The number of benzene rings is 1. The van der Waals surface area contributed by atoms with Gasteiger partial charge in [-0.05, 0) is 56.7 Å². The third kappa shape index (κ3) is 3.64. The molecule has 1 aromatic rings. The van der Waals surface area contributed by atoms with Crippen molar-refractivity contribution in [1.82, 2.24) is 0 Å². The second-order valence-corrected chi connectivity index (χ2v) is 5.81. The van der Waals surface area contributed by atoms with Crippen LogP contribution in [-0.2, 0) is 0 Å². The summed E-state index contributed by atoms with van der Waals surface area (Å²) in [5.41, 5.74) is 1.41. The van der Waals surface area contributed by atoms with Gasteiger partial charge in [0.15, 0.2) is 0 Å². The first-order chi connectivity index (χ1) is 8.15. The first kappa shape index (κ1) is 12.8. The molecule has 2 unspecified atom stereocenters. The summed E-state index contributed by atoms with van der Waals surface area (Å²) in [4.78, 5) is 0. The summed E-state index contributed by atoms with van der Waals surface area (Å²) in [5, 5.41) is 0.361. The summed E-state index contributed by atoms with van der Waals surface area (Å²) in [5.74, 6) is 1.60. The summed E-state index contributed by atoms with van der Waals surface area (Å²) >= 11 is 6.24. The Labute approximate surface area is 109 Å². The topological polar surface area (TPSA) is 9.23 Å².